The molecule has 0 atom stereocenters. The molecular weight excluding hydrogens is 233 g/mol. The normalized spacial score (nSPS) is 12.3. The van der Waals surface area contributed by atoms with Crippen molar-refractivity contribution in [1.82, 2.24) is 14.6 Å². The number of nitrogens with zero attached hydrogens (tertiary/aromatic N) is 3. The summed E-state index contributed by atoms with van der Waals surface area (Å²) in [5.74, 6) is -0.0921. The first kappa shape index (κ1) is 10.0. The molecule has 0 aliphatic rings. The van der Waals surface area contributed by atoms with E-state index in [2.05, 4.69) is 10.1 Å². The number of aromatic nitrogens is 3. The van der Waals surface area contributed by atoms with Gasteiger partial charge in [-0.1, -0.05) is 0 Å². The molecule has 15 heavy (non-hydrogen) atoms. The van der Waals surface area contributed by atoms with Crippen LogP contribution < -0.4 is 5.73 Å². The van der Waals surface area contributed by atoms with Gasteiger partial charge in [-0.05, 0) is 23.7 Å². The molecule has 0 bridgehead atoms. The summed E-state index contributed by atoms with van der Waals surface area (Å²) in [7, 11) is 0. The Morgan fingerprint density at radius 1 is 1.33 bits per heavy atom. The highest BCUT2D eigenvalue weighted by molar-refractivity contribution is 6.28. The van der Waals surface area contributed by atoms with Gasteiger partial charge in [-0.15, -0.1) is 5.10 Å². The zero-order valence-electron chi connectivity index (χ0n) is 7.09. The highest BCUT2D eigenvalue weighted by atomic mass is 35.5. The van der Waals surface area contributed by atoms with Gasteiger partial charge in [0.05, 0.1) is 0 Å². The molecular formula is C7H4ClF3N4. The molecule has 0 saturated heterocycles. The van der Waals surface area contributed by atoms with E-state index >= 15 is 0 Å². The number of nitrogens with two attached hydrogens (primary N) is 1. The maximum absolute atomic E-state index is 12.4. The lowest BCUT2D eigenvalue weighted by Gasteiger charge is -2.06. The molecule has 2 aromatic rings. The number of halogens is 4. The number of hydrogen-bond donors (Lipinski definition) is 1. The minimum Gasteiger partial charge on any atom is -0.382 e. The molecule has 0 radical (unpaired) electrons. The molecule has 80 valence electrons. The topological polar surface area (TPSA) is 56.2 Å². The summed E-state index contributed by atoms with van der Waals surface area (Å²) in [6.45, 7) is 0. The smallest absolute Gasteiger partial charge is 0.382 e. The standard InChI is InChI=1S/C7H4ClF3N4/c8-6-13-5(12)3-1-2-4(7(9,10)11)15(3)14-6/h1-2H,(H2,12,13,14). The zero-order valence-corrected chi connectivity index (χ0v) is 7.84. The first-order chi connectivity index (χ1) is 6.89. The molecule has 2 N–H and O–H groups in total. The summed E-state index contributed by atoms with van der Waals surface area (Å²) in [4.78, 5) is 3.54. The number of anilines is 1. The van der Waals surface area contributed by atoms with Crippen LogP contribution in [-0.2, 0) is 6.18 Å². The van der Waals surface area contributed by atoms with Crippen molar-refractivity contribution in [2.24, 2.45) is 0 Å². The molecule has 0 aromatic carbocycles. The molecule has 0 unspecified atom stereocenters. The van der Waals surface area contributed by atoms with Gasteiger partial charge in [0.1, 0.15) is 11.2 Å². The van der Waals surface area contributed by atoms with Crippen molar-refractivity contribution < 1.29 is 13.2 Å². The van der Waals surface area contributed by atoms with Crippen LogP contribution >= 0.6 is 11.6 Å². The van der Waals surface area contributed by atoms with Gasteiger partial charge in [-0.2, -0.15) is 18.2 Å². The number of fused-ring (bicyclic) bond motifs is 1. The Kier molecular flexibility index (Phi) is 2.00. The molecule has 2 rings (SSSR count). The lowest BCUT2D eigenvalue weighted by Crippen LogP contribution is -2.12. The average molecular weight is 237 g/mol. The van der Waals surface area contributed by atoms with E-state index in [0.29, 0.717) is 4.52 Å². The SMILES string of the molecule is Nc1nc(Cl)nn2c(C(F)(F)F)ccc12. The Morgan fingerprint density at radius 2 is 2.00 bits per heavy atom. The van der Waals surface area contributed by atoms with Gasteiger partial charge in [-0.3, -0.25) is 0 Å². The molecule has 4 nitrogen and oxygen atoms in total. The minimum absolute atomic E-state index is 0.0757. The van der Waals surface area contributed by atoms with Crippen LogP contribution in [0.3, 0.4) is 0 Å². The Labute approximate surface area is 86.5 Å². The third-order valence-electron chi connectivity index (χ3n) is 1.80. The van der Waals surface area contributed by atoms with Crippen molar-refractivity contribution in [3.8, 4) is 0 Å². The van der Waals surface area contributed by atoms with Crippen molar-refractivity contribution in [3.63, 3.8) is 0 Å². The molecule has 0 spiro atoms. The molecule has 0 aliphatic carbocycles. The molecule has 0 aliphatic heterocycles. The maximum Gasteiger partial charge on any atom is 0.433 e. The first-order valence-corrected chi connectivity index (χ1v) is 4.15. The van der Waals surface area contributed by atoms with E-state index in [1.807, 2.05) is 0 Å². The molecule has 0 amide bonds. The largest absolute Gasteiger partial charge is 0.433 e. The van der Waals surface area contributed by atoms with E-state index in [1.54, 1.807) is 0 Å². The van der Waals surface area contributed by atoms with Gasteiger partial charge < -0.3 is 5.73 Å². The number of rotatable bonds is 0. The van der Waals surface area contributed by atoms with E-state index in [1.165, 1.54) is 6.07 Å². The Bertz CT molecular complexity index is 519. The fourth-order valence-electron chi connectivity index (χ4n) is 1.21. The number of alkyl halides is 3. The Balaban J connectivity index is 2.80. The molecule has 0 saturated carbocycles. The molecule has 0 fully saturated rings. The van der Waals surface area contributed by atoms with Gasteiger partial charge in [0.15, 0.2) is 5.82 Å². The molecule has 2 aromatic heterocycles. The van der Waals surface area contributed by atoms with Crippen molar-refractivity contribution in [3.05, 3.63) is 23.1 Å². The van der Waals surface area contributed by atoms with E-state index in [0.717, 1.165) is 6.07 Å². The summed E-state index contributed by atoms with van der Waals surface area (Å²) < 4.78 is 38.0. The monoisotopic (exact) mass is 236 g/mol. The van der Waals surface area contributed by atoms with Gasteiger partial charge >= 0.3 is 6.18 Å². The fourth-order valence-corrected chi connectivity index (χ4v) is 1.37. The van der Waals surface area contributed by atoms with Gasteiger partial charge in [0.25, 0.3) is 0 Å². The summed E-state index contributed by atoms with van der Waals surface area (Å²) in [6, 6.07) is 2.06. The van der Waals surface area contributed by atoms with Crippen molar-refractivity contribution in [2.45, 2.75) is 6.18 Å². The van der Waals surface area contributed by atoms with Crippen LogP contribution in [0.2, 0.25) is 5.28 Å². The average Bonchev–Trinajstić information content (AvgIpc) is 2.45. The number of nitrogen functional groups attached to an aromatic ring is 1. The van der Waals surface area contributed by atoms with Gasteiger partial charge in [0, 0.05) is 0 Å². The van der Waals surface area contributed by atoms with Crippen LogP contribution in [0.25, 0.3) is 5.52 Å². The summed E-state index contributed by atoms with van der Waals surface area (Å²) in [6.07, 6.45) is -4.50. The highest BCUT2D eigenvalue weighted by Crippen LogP contribution is 2.31. The Morgan fingerprint density at radius 3 is 2.60 bits per heavy atom. The van der Waals surface area contributed by atoms with E-state index < -0.39 is 11.9 Å². The summed E-state index contributed by atoms with van der Waals surface area (Å²) in [5.41, 5.74) is 4.53. The lowest BCUT2D eigenvalue weighted by molar-refractivity contribution is -0.142. The minimum atomic E-state index is -4.50. The third kappa shape index (κ3) is 1.58. The van der Waals surface area contributed by atoms with Crippen LogP contribution in [0.4, 0.5) is 19.0 Å². The van der Waals surface area contributed by atoms with Crippen LogP contribution in [0.1, 0.15) is 5.69 Å². The predicted octanol–water partition coefficient (Wildman–Crippen LogP) is 1.98. The van der Waals surface area contributed by atoms with Gasteiger partial charge in [-0.25, -0.2) is 4.52 Å². The second kappa shape index (κ2) is 2.99. The van der Waals surface area contributed by atoms with Crippen LogP contribution in [0.15, 0.2) is 12.1 Å². The third-order valence-corrected chi connectivity index (χ3v) is 1.96. The van der Waals surface area contributed by atoms with Crippen LogP contribution in [0.5, 0.6) is 0 Å². The fraction of sp³-hybridized carbons (Fsp3) is 0.143. The zero-order chi connectivity index (χ0) is 11.2. The van der Waals surface area contributed by atoms with E-state index in [-0.39, 0.29) is 16.6 Å². The summed E-state index contributed by atoms with van der Waals surface area (Å²) in [5, 5.41) is 3.10. The van der Waals surface area contributed by atoms with Crippen molar-refractivity contribution in [2.75, 3.05) is 5.73 Å². The lowest BCUT2D eigenvalue weighted by atomic mass is 10.4. The highest BCUT2D eigenvalue weighted by Gasteiger charge is 2.34. The predicted molar refractivity (Wildman–Crippen MR) is 47.4 cm³/mol. The van der Waals surface area contributed by atoms with Crippen molar-refractivity contribution >= 4 is 22.9 Å². The first-order valence-electron chi connectivity index (χ1n) is 3.77. The van der Waals surface area contributed by atoms with E-state index in [9.17, 15) is 13.2 Å². The molecule has 2 heterocycles. The second-order valence-corrected chi connectivity index (χ2v) is 3.12. The van der Waals surface area contributed by atoms with Gasteiger partial charge in [0.2, 0.25) is 5.28 Å². The van der Waals surface area contributed by atoms with E-state index in [4.69, 9.17) is 17.3 Å². The summed E-state index contributed by atoms with van der Waals surface area (Å²) >= 11 is 5.41. The quantitative estimate of drug-likeness (QED) is 0.761. The molecule has 8 heteroatoms. The van der Waals surface area contributed by atoms with Crippen LogP contribution in [0, 0.1) is 0 Å². The Hall–Kier alpha value is -1.50. The second-order valence-electron chi connectivity index (χ2n) is 2.78. The van der Waals surface area contributed by atoms with Crippen LogP contribution in [-0.4, -0.2) is 14.6 Å². The number of hydrogen-bond acceptors (Lipinski definition) is 3. The van der Waals surface area contributed by atoms with Crippen molar-refractivity contribution in [1.29, 1.82) is 0 Å². The maximum atomic E-state index is 12.4.